The van der Waals surface area contributed by atoms with E-state index in [-0.39, 0.29) is 11.2 Å². The number of nitrogens with zero attached hydrogens (tertiary/aromatic N) is 4. The summed E-state index contributed by atoms with van der Waals surface area (Å²) in [6.07, 6.45) is 6.93. The molecule has 0 aliphatic rings. The standard InChI is InChI=1S/C21H13IN4O3/c22-15-4-9-19-18(12-15)21(27)25(16-5-7-17(8-6-16)26(28)29)20(24-19)10-3-14-2-1-11-23-13-14/h1-13H/b10-3+. The summed E-state index contributed by atoms with van der Waals surface area (Å²) < 4.78 is 2.37. The third-order valence-corrected chi connectivity index (χ3v) is 4.96. The quantitative estimate of drug-likeness (QED) is 0.236. The molecule has 29 heavy (non-hydrogen) atoms. The maximum atomic E-state index is 13.3. The molecule has 8 heteroatoms. The predicted octanol–water partition coefficient (Wildman–Crippen LogP) is 4.46. The van der Waals surface area contributed by atoms with Crippen molar-refractivity contribution < 1.29 is 4.92 Å². The zero-order chi connectivity index (χ0) is 20.4. The molecule has 2 aromatic heterocycles. The molecule has 0 atom stereocenters. The van der Waals surface area contributed by atoms with Crippen molar-refractivity contribution in [2.24, 2.45) is 0 Å². The van der Waals surface area contributed by atoms with Gasteiger partial charge in [0.2, 0.25) is 0 Å². The maximum absolute atomic E-state index is 13.3. The summed E-state index contributed by atoms with van der Waals surface area (Å²) in [6.45, 7) is 0. The number of pyridine rings is 1. The second-order valence-electron chi connectivity index (χ2n) is 6.17. The summed E-state index contributed by atoms with van der Waals surface area (Å²) in [7, 11) is 0. The van der Waals surface area contributed by atoms with Crippen molar-refractivity contribution in [1.82, 2.24) is 14.5 Å². The van der Waals surface area contributed by atoms with E-state index in [0.29, 0.717) is 22.4 Å². The molecular formula is C21H13IN4O3. The first-order valence-corrected chi connectivity index (χ1v) is 9.66. The van der Waals surface area contributed by atoms with Crippen molar-refractivity contribution >= 4 is 51.3 Å². The Kier molecular flexibility index (Phi) is 5.17. The van der Waals surface area contributed by atoms with Gasteiger partial charge in [0.1, 0.15) is 5.82 Å². The molecule has 0 unspecified atom stereocenters. The first-order chi connectivity index (χ1) is 14.0. The van der Waals surface area contributed by atoms with E-state index in [1.54, 1.807) is 42.7 Å². The lowest BCUT2D eigenvalue weighted by Gasteiger charge is -2.11. The minimum atomic E-state index is -0.475. The fourth-order valence-electron chi connectivity index (χ4n) is 2.91. The van der Waals surface area contributed by atoms with Crippen LogP contribution in [0.1, 0.15) is 11.4 Å². The van der Waals surface area contributed by atoms with Crippen LogP contribution in [0.5, 0.6) is 0 Å². The molecule has 142 valence electrons. The molecule has 7 nitrogen and oxygen atoms in total. The lowest BCUT2D eigenvalue weighted by molar-refractivity contribution is -0.384. The summed E-state index contributed by atoms with van der Waals surface area (Å²) in [4.78, 5) is 32.5. The summed E-state index contributed by atoms with van der Waals surface area (Å²) in [5.74, 6) is 0.418. The number of hydrogen-bond acceptors (Lipinski definition) is 5. The van der Waals surface area contributed by atoms with Gasteiger partial charge in [-0.2, -0.15) is 0 Å². The number of rotatable bonds is 4. The SMILES string of the molecule is O=c1c2cc(I)ccc2nc(/C=C/c2cccnc2)n1-c1ccc([N+](=O)[O-])cc1. The van der Waals surface area contributed by atoms with Gasteiger partial charge in [-0.25, -0.2) is 4.98 Å². The van der Waals surface area contributed by atoms with Crippen LogP contribution in [-0.4, -0.2) is 19.5 Å². The molecule has 0 N–H and O–H groups in total. The Labute approximate surface area is 178 Å². The first kappa shape index (κ1) is 18.9. The van der Waals surface area contributed by atoms with Crippen molar-refractivity contribution in [3.63, 3.8) is 0 Å². The number of hydrogen-bond donors (Lipinski definition) is 0. The van der Waals surface area contributed by atoms with Crippen LogP contribution in [0.15, 0.2) is 71.8 Å². The average molecular weight is 496 g/mol. The largest absolute Gasteiger partial charge is 0.269 e. The molecule has 4 rings (SSSR count). The molecule has 0 saturated carbocycles. The van der Waals surface area contributed by atoms with E-state index in [1.807, 2.05) is 24.3 Å². The van der Waals surface area contributed by atoms with E-state index in [2.05, 4.69) is 32.6 Å². The van der Waals surface area contributed by atoms with Crippen LogP contribution in [0.3, 0.4) is 0 Å². The van der Waals surface area contributed by atoms with E-state index in [4.69, 9.17) is 0 Å². The Balaban J connectivity index is 1.94. The highest BCUT2D eigenvalue weighted by Gasteiger charge is 2.13. The van der Waals surface area contributed by atoms with Crippen LogP contribution in [0.2, 0.25) is 0 Å². The van der Waals surface area contributed by atoms with Gasteiger partial charge in [0.25, 0.3) is 11.2 Å². The number of non-ortho nitro benzene ring substituents is 1. The van der Waals surface area contributed by atoms with Gasteiger partial charge in [0.15, 0.2) is 0 Å². The summed E-state index contributed by atoms with van der Waals surface area (Å²) in [5, 5.41) is 11.4. The third kappa shape index (κ3) is 3.92. The Morgan fingerprint density at radius 1 is 1.07 bits per heavy atom. The molecule has 0 radical (unpaired) electrons. The van der Waals surface area contributed by atoms with Crippen LogP contribution in [0.4, 0.5) is 5.69 Å². The number of aromatic nitrogens is 3. The molecule has 4 aromatic rings. The van der Waals surface area contributed by atoms with Gasteiger partial charge in [-0.15, -0.1) is 0 Å². The van der Waals surface area contributed by atoms with E-state index >= 15 is 0 Å². The highest BCUT2D eigenvalue weighted by Crippen LogP contribution is 2.19. The molecule has 0 aliphatic heterocycles. The van der Waals surface area contributed by atoms with Gasteiger partial charge in [-0.3, -0.25) is 24.5 Å². The van der Waals surface area contributed by atoms with Gasteiger partial charge in [0, 0.05) is 28.1 Å². The van der Waals surface area contributed by atoms with Gasteiger partial charge < -0.3 is 0 Å². The molecule has 2 aromatic carbocycles. The van der Waals surface area contributed by atoms with E-state index in [0.717, 1.165) is 9.13 Å². The number of nitro groups is 1. The fraction of sp³-hybridized carbons (Fsp3) is 0. The smallest absolute Gasteiger partial charge is 0.268 e. The summed E-state index contributed by atoms with van der Waals surface area (Å²) in [6, 6.07) is 15.0. The Hall–Kier alpha value is -3.40. The molecule has 0 bridgehead atoms. The minimum absolute atomic E-state index is 0.0439. The molecule has 2 heterocycles. The summed E-state index contributed by atoms with van der Waals surface area (Å²) in [5.41, 5.74) is 1.66. The number of nitro benzene ring substituents is 1. The Morgan fingerprint density at radius 2 is 1.86 bits per heavy atom. The molecular weight excluding hydrogens is 483 g/mol. The van der Waals surface area contributed by atoms with Crippen LogP contribution < -0.4 is 5.56 Å². The van der Waals surface area contributed by atoms with Gasteiger partial charge in [-0.05, 0) is 76.7 Å². The fourth-order valence-corrected chi connectivity index (χ4v) is 3.40. The Bertz CT molecular complexity index is 1300. The van der Waals surface area contributed by atoms with Crippen LogP contribution in [0.25, 0.3) is 28.7 Å². The molecule has 0 amide bonds. The highest BCUT2D eigenvalue weighted by atomic mass is 127. The van der Waals surface area contributed by atoms with E-state index in [9.17, 15) is 14.9 Å². The Morgan fingerprint density at radius 3 is 2.55 bits per heavy atom. The maximum Gasteiger partial charge on any atom is 0.269 e. The van der Waals surface area contributed by atoms with Crippen LogP contribution in [-0.2, 0) is 0 Å². The van der Waals surface area contributed by atoms with Crippen molar-refractivity contribution in [2.75, 3.05) is 0 Å². The first-order valence-electron chi connectivity index (χ1n) is 8.58. The molecule has 0 aliphatic carbocycles. The molecule has 0 saturated heterocycles. The lowest BCUT2D eigenvalue weighted by Crippen LogP contribution is -2.22. The number of fused-ring (bicyclic) bond motifs is 1. The zero-order valence-corrected chi connectivity index (χ0v) is 17.1. The average Bonchev–Trinajstić information content (AvgIpc) is 2.74. The van der Waals surface area contributed by atoms with Gasteiger partial charge >= 0.3 is 0 Å². The second-order valence-corrected chi connectivity index (χ2v) is 7.41. The normalized spacial score (nSPS) is 11.2. The molecule has 0 spiro atoms. The zero-order valence-electron chi connectivity index (χ0n) is 14.9. The monoisotopic (exact) mass is 496 g/mol. The van der Waals surface area contributed by atoms with Crippen LogP contribution in [0, 0.1) is 13.7 Å². The molecule has 0 fully saturated rings. The van der Waals surface area contributed by atoms with Crippen molar-refractivity contribution in [3.8, 4) is 5.69 Å². The van der Waals surface area contributed by atoms with E-state index in [1.165, 1.54) is 16.7 Å². The third-order valence-electron chi connectivity index (χ3n) is 4.28. The number of benzene rings is 2. The minimum Gasteiger partial charge on any atom is -0.268 e. The summed E-state index contributed by atoms with van der Waals surface area (Å²) >= 11 is 2.14. The van der Waals surface area contributed by atoms with Crippen molar-refractivity contribution in [2.45, 2.75) is 0 Å². The van der Waals surface area contributed by atoms with Crippen LogP contribution >= 0.6 is 22.6 Å². The lowest BCUT2D eigenvalue weighted by atomic mass is 10.2. The number of halogens is 1. The van der Waals surface area contributed by atoms with Crippen molar-refractivity contribution in [1.29, 1.82) is 0 Å². The topological polar surface area (TPSA) is 90.9 Å². The van der Waals surface area contributed by atoms with Crippen molar-refractivity contribution in [3.05, 3.63) is 102 Å². The predicted molar refractivity (Wildman–Crippen MR) is 120 cm³/mol. The van der Waals surface area contributed by atoms with E-state index < -0.39 is 4.92 Å². The van der Waals surface area contributed by atoms with Gasteiger partial charge in [0.05, 0.1) is 21.5 Å². The van der Waals surface area contributed by atoms with Gasteiger partial charge in [-0.1, -0.05) is 6.07 Å². The second kappa shape index (κ2) is 7.92. The highest BCUT2D eigenvalue weighted by molar-refractivity contribution is 14.1.